The van der Waals surface area contributed by atoms with Gasteiger partial charge in [-0.1, -0.05) is 30.3 Å². The fourth-order valence-electron chi connectivity index (χ4n) is 2.33. The van der Waals surface area contributed by atoms with Gasteiger partial charge in [-0.25, -0.2) is 4.79 Å². The first-order valence-electron chi connectivity index (χ1n) is 6.86. The second kappa shape index (κ2) is 8.43. The highest BCUT2D eigenvalue weighted by molar-refractivity contribution is 5.96. The summed E-state index contributed by atoms with van der Waals surface area (Å²) >= 11 is 0. The molecule has 0 unspecified atom stereocenters. The molecule has 2 aromatic heterocycles. The number of carboxylic acid groups (broad SMARTS) is 1. The number of aromatic carboxylic acids is 1. The average molecular weight is 363 g/mol. The van der Waals surface area contributed by atoms with Crippen LogP contribution >= 0.6 is 24.8 Å². The molecule has 0 saturated carbocycles. The van der Waals surface area contributed by atoms with E-state index in [0.29, 0.717) is 11.3 Å². The largest absolute Gasteiger partial charge is 0.478 e. The lowest BCUT2D eigenvalue weighted by molar-refractivity contribution is 0.0697. The van der Waals surface area contributed by atoms with Gasteiger partial charge in [-0.3, -0.25) is 9.97 Å². The van der Waals surface area contributed by atoms with Crippen molar-refractivity contribution < 1.29 is 9.90 Å². The third-order valence-corrected chi connectivity index (χ3v) is 3.39. The van der Waals surface area contributed by atoms with Crippen LogP contribution in [0.5, 0.6) is 0 Å². The summed E-state index contributed by atoms with van der Waals surface area (Å²) < 4.78 is 0. The molecule has 3 aromatic rings. The summed E-state index contributed by atoms with van der Waals surface area (Å²) in [5, 5.41) is 9.51. The zero-order chi connectivity index (χ0) is 15.5. The fourth-order valence-corrected chi connectivity index (χ4v) is 2.33. The zero-order valence-corrected chi connectivity index (χ0v) is 14.5. The summed E-state index contributed by atoms with van der Waals surface area (Å²) in [5.74, 6) is -0.969. The van der Waals surface area contributed by atoms with Crippen LogP contribution in [0.1, 0.15) is 15.9 Å². The summed E-state index contributed by atoms with van der Waals surface area (Å²) in [4.78, 5) is 20.1. The summed E-state index contributed by atoms with van der Waals surface area (Å²) in [6, 6.07) is 12.9. The molecule has 0 radical (unpaired) electrons. The number of aromatic nitrogens is 2. The van der Waals surface area contributed by atoms with Crippen LogP contribution in [0.15, 0.2) is 61.1 Å². The van der Waals surface area contributed by atoms with E-state index in [1.54, 1.807) is 24.7 Å². The van der Waals surface area contributed by atoms with Gasteiger partial charge in [0.2, 0.25) is 0 Å². The number of pyridine rings is 2. The standard InChI is InChI=1S/C18H14N2O2.2ClH/c1-12-7-14(10-19-9-12)17-8-15(18(21)22)16(11-20-17)13-5-3-2-4-6-13;;/h2-11H,1H3,(H,21,22);2*1H. The third-order valence-electron chi connectivity index (χ3n) is 3.39. The number of hydrogen-bond acceptors (Lipinski definition) is 3. The van der Waals surface area contributed by atoms with Crippen molar-refractivity contribution in [1.29, 1.82) is 0 Å². The SMILES string of the molecule is Cc1cncc(-c2cc(C(=O)O)c(-c3ccccc3)cn2)c1.Cl.Cl. The van der Waals surface area contributed by atoms with E-state index in [1.165, 1.54) is 0 Å². The minimum Gasteiger partial charge on any atom is -0.478 e. The lowest BCUT2D eigenvalue weighted by Gasteiger charge is -2.09. The van der Waals surface area contributed by atoms with Gasteiger partial charge in [0.15, 0.2) is 0 Å². The van der Waals surface area contributed by atoms with Crippen molar-refractivity contribution in [1.82, 2.24) is 9.97 Å². The summed E-state index contributed by atoms with van der Waals surface area (Å²) in [5.41, 5.74) is 4.09. The Morgan fingerprint density at radius 1 is 0.958 bits per heavy atom. The van der Waals surface area contributed by atoms with Gasteiger partial charge in [0.05, 0.1) is 11.3 Å². The van der Waals surface area contributed by atoms with Crippen LogP contribution in [-0.2, 0) is 0 Å². The first kappa shape index (κ1) is 19.6. The Labute approximate surface area is 152 Å². The highest BCUT2D eigenvalue weighted by Gasteiger charge is 2.14. The fraction of sp³-hybridized carbons (Fsp3) is 0.0556. The van der Waals surface area contributed by atoms with Gasteiger partial charge in [0.25, 0.3) is 0 Å². The van der Waals surface area contributed by atoms with Gasteiger partial charge in [-0.15, -0.1) is 24.8 Å². The van der Waals surface area contributed by atoms with Crippen molar-refractivity contribution in [2.24, 2.45) is 0 Å². The summed E-state index contributed by atoms with van der Waals surface area (Å²) in [7, 11) is 0. The maximum atomic E-state index is 11.6. The molecule has 24 heavy (non-hydrogen) atoms. The van der Waals surface area contributed by atoms with E-state index in [-0.39, 0.29) is 30.4 Å². The summed E-state index contributed by atoms with van der Waals surface area (Å²) in [6.07, 6.45) is 5.04. The van der Waals surface area contributed by atoms with Crippen molar-refractivity contribution in [3.63, 3.8) is 0 Å². The Balaban J connectivity index is 0.00000144. The van der Waals surface area contributed by atoms with E-state index in [0.717, 1.165) is 16.7 Å². The van der Waals surface area contributed by atoms with Gasteiger partial charge < -0.3 is 5.11 Å². The second-order valence-electron chi connectivity index (χ2n) is 5.04. The maximum Gasteiger partial charge on any atom is 0.336 e. The summed E-state index contributed by atoms with van der Waals surface area (Å²) in [6.45, 7) is 1.94. The number of benzene rings is 1. The molecular weight excluding hydrogens is 347 g/mol. The molecule has 0 saturated heterocycles. The molecule has 0 bridgehead atoms. The molecular formula is C18H16Cl2N2O2. The molecule has 6 heteroatoms. The number of nitrogens with zero attached hydrogens (tertiary/aromatic N) is 2. The molecule has 0 spiro atoms. The lowest BCUT2D eigenvalue weighted by atomic mass is 10.00. The van der Waals surface area contributed by atoms with Crippen LogP contribution < -0.4 is 0 Å². The van der Waals surface area contributed by atoms with Crippen LogP contribution in [0.3, 0.4) is 0 Å². The average Bonchev–Trinajstić information content (AvgIpc) is 2.55. The van der Waals surface area contributed by atoms with Gasteiger partial charge in [-0.05, 0) is 30.2 Å². The van der Waals surface area contributed by atoms with E-state index < -0.39 is 5.97 Å². The lowest BCUT2D eigenvalue weighted by Crippen LogP contribution is -2.01. The Hall–Kier alpha value is -2.43. The normalized spacial score (nSPS) is 9.54. The topological polar surface area (TPSA) is 63.1 Å². The van der Waals surface area contributed by atoms with Gasteiger partial charge in [0.1, 0.15) is 0 Å². The van der Waals surface area contributed by atoms with Gasteiger partial charge in [0, 0.05) is 29.7 Å². The van der Waals surface area contributed by atoms with Crippen LogP contribution in [0.4, 0.5) is 0 Å². The van der Waals surface area contributed by atoms with E-state index >= 15 is 0 Å². The van der Waals surface area contributed by atoms with Crippen molar-refractivity contribution in [3.8, 4) is 22.4 Å². The van der Waals surface area contributed by atoms with Crippen molar-refractivity contribution >= 4 is 30.8 Å². The minimum atomic E-state index is -0.969. The third kappa shape index (κ3) is 4.10. The Morgan fingerprint density at radius 2 is 1.67 bits per heavy atom. The molecule has 0 aliphatic carbocycles. The van der Waals surface area contributed by atoms with Crippen molar-refractivity contribution in [2.45, 2.75) is 6.92 Å². The number of hydrogen-bond donors (Lipinski definition) is 1. The number of rotatable bonds is 3. The predicted molar refractivity (Wildman–Crippen MR) is 99.1 cm³/mol. The molecule has 0 fully saturated rings. The van der Waals surface area contributed by atoms with Gasteiger partial charge >= 0.3 is 5.97 Å². The van der Waals surface area contributed by atoms with Crippen molar-refractivity contribution in [2.75, 3.05) is 0 Å². The van der Waals surface area contributed by atoms with Crippen molar-refractivity contribution in [3.05, 3.63) is 72.2 Å². The molecule has 0 aliphatic heterocycles. The number of aryl methyl sites for hydroxylation is 1. The van der Waals surface area contributed by atoms with E-state index in [4.69, 9.17) is 0 Å². The molecule has 4 nitrogen and oxygen atoms in total. The van der Waals surface area contributed by atoms with Crippen LogP contribution in [-0.4, -0.2) is 21.0 Å². The number of halogens is 2. The monoisotopic (exact) mass is 362 g/mol. The maximum absolute atomic E-state index is 11.6. The molecule has 0 amide bonds. The number of carboxylic acids is 1. The Bertz CT molecular complexity index is 839. The highest BCUT2D eigenvalue weighted by atomic mass is 35.5. The van der Waals surface area contributed by atoms with Crippen LogP contribution in [0.25, 0.3) is 22.4 Å². The second-order valence-corrected chi connectivity index (χ2v) is 5.04. The Morgan fingerprint density at radius 3 is 2.29 bits per heavy atom. The molecule has 3 rings (SSSR count). The first-order valence-corrected chi connectivity index (χ1v) is 6.86. The van der Waals surface area contributed by atoms with E-state index in [9.17, 15) is 9.90 Å². The molecule has 124 valence electrons. The Kier molecular flexibility index (Phi) is 6.89. The van der Waals surface area contributed by atoms with E-state index in [1.807, 2.05) is 43.3 Å². The molecule has 2 heterocycles. The van der Waals surface area contributed by atoms with E-state index in [2.05, 4.69) is 9.97 Å². The zero-order valence-electron chi connectivity index (χ0n) is 12.8. The first-order chi connectivity index (χ1) is 10.6. The number of carbonyl (C=O) groups is 1. The smallest absolute Gasteiger partial charge is 0.336 e. The van der Waals surface area contributed by atoms with Crippen LogP contribution in [0, 0.1) is 6.92 Å². The highest BCUT2D eigenvalue weighted by Crippen LogP contribution is 2.27. The molecule has 1 aromatic carbocycles. The molecule has 1 N–H and O–H groups in total. The van der Waals surface area contributed by atoms with Crippen LogP contribution in [0.2, 0.25) is 0 Å². The minimum absolute atomic E-state index is 0. The predicted octanol–water partition coefficient (Wildman–Crippen LogP) is 4.66. The molecule has 0 atom stereocenters. The molecule has 0 aliphatic rings. The van der Waals surface area contributed by atoms with Gasteiger partial charge in [-0.2, -0.15) is 0 Å². The quantitative estimate of drug-likeness (QED) is 0.735.